The molecule has 1 aromatic carbocycles. The number of anilines is 1. The third-order valence-electron chi connectivity index (χ3n) is 6.23. The zero-order valence-corrected chi connectivity index (χ0v) is 17.2. The van der Waals surface area contributed by atoms with E-state index in [1.54, 1.807) is 30.1 Å². The standard InChI is InChI=1S/C20H17ClFN7O2/c1-27-8-23-19-17(27)20(30)29(9-24-19)7-15-25-18(26-31-15)16-11-5-28(6-12(11)16)14-4-10(21)2-3-13(14)22/h2-4,8-9,11-12,16H,5-7H2,1H3/t11-,12+,16+. The number of aromatic nitrogens is 6. The lowest BCUT2D eigenvalue weighted by atomic mass is 10.2. The summed E-state index contributed by atoms with van der Waals surface area (Å²) in [6.07, 6.45) is 2.99. The molecule has 0 spiro atoms. The fourth-order valence-electron chi connectivity index (χ4n) is 4.63. The van der Waals surface area contributed by atoms with E-state index in [9.17, 15) is 9.18 Å². The Morgan fingerprint density at radius 3 is 2.81 bits per heavy atom. The molecule has 1 saturated heterocycles. The van der Waals surface area contributed by atoms with Gasteiger partial charge in [0.15, 0.2) is 17.0 Å². The second kappa shape index (κ2) is 6.61. The van der Waals surface area contributed by atoms with Crippen molar-refractivity contribution in [3.05, 3.63) is 63.8 Å². The van der Waals surface area contributed by atoms with Gasteiger partial charge in [-0.2, -0.15) is 4.98 Å². The normalized spacial score (nSPS) is 22.3. The Morgan fingerprint density at radius 2 is 2.00 bits per heavy atom. The van der Waals surface area contributed by atoms with Gasteiger partial charge in [0.25, 0.3) is 5.56 Å². The molecule has 1 aliphatic heterocycles. The van der Waals surface area contributed by atoms with Crippen LogP contribution in [0.25, 0.3) is 11.2 Å². The molecule has 1 aliphatic carbocycles. The molecule has 158 valence electrons. The average Bonchev–Trinajstić information content (AvgIpc) is 3.18. The van der Waals surface area contributed by atoms with E-state index in [0.29, 0.717) is 45.4 Å². The first-order valence-corrected chi connectivity index (χ1v) is 10.3. The van der Waals surface area contributed by atoms with Crippen molar-refractivity contribution in [2.24, 2.45) is 18.9 Å². The average molecular weight is 442 g/mol. The summed E-state index contributed by atoms with van der Waals surface area (Å²) in [5, 5.41) is 4.65. The summed E-state index contributed by atoms with van der Waals surface area (Å²) in [5.41, 5.74) is 1.14. The highest BCUT2D eigenvalue weighted by molar-refractivity contribution is 6.30. The van der Waals surface area contributed by atoms with Crippen LogP contribution in [0.15, 0.2) is 40.2 Å². The van der Waals surface area contributed by atoms with Gasteiger partial charge in [0.2, 0.25) is 5.89 Å². The summed E-state index contributed by atoms with van der Waals surface area (Å²) >= 11 is 6.02. The first kappa shape index (κ1) is 18.5. The van der Waals surface area contributed by atoms with E-state index in [-0.39, 0.29) is 23.8 Å². The third-order valence-corrected chi connectivity index (χ3v) is 6.47. The van der Waals surface area contributed by atoms with Gasteiger partial charge in [-0.15, -0.1) is 0 Å². The van der Waals surface area contributed by atoms with Crippen LogP contribution >= 0.6 is 11.6 Å². The summed E-state index contributed by atoms with van der Waals surface area (Å²) in [4.78, 5) is 27.5. The molecule has 0 amide bonds. The number of aryl methyl sites for hydroxylation is 1. The molecule has 2 fully saturated rings. The Morgan fingerprint density at radius 1 is 1.23 bits per heavy atom. The predicted octanol–water partition coefficient (Wildman–Crippen LogP) is 2.20. The molecule has 3 atom stereocenters. The maximum absolute atomic E-state index is 14.1. The molecule has 0 N–H and O–H groups in total. The largest absolute Gasteiger partial charge is 0.369 e. The zero-order valence-electron chi connectivity index (χ0n) is 16.4. The number of nitrogens with zero attached hydrogens (tertiary/aromatic N) is 7. The van der Waals surface area contributed by atoms with E-state index < -0.39 is 0 Å². The molecule has 4 aromatic rings. The third kappa shape index (κ3) is 2.93. The van der Waals surface area contributed by atoms with Crippen LogP contribution in [0.4, 0.5) is 10.1 Å². The molecule has 3 aromatic heterocycles. The molecule has 2 aliphatic rings. The van der Waals surface area contributed by atoms with Crippen molar-refractivity contribution < 1.29 is 8.91 Å². The molecule has 0 radical (unpaired) electrons. The number of hydrogen-bond acceptors (Lipinski definition) is 7. The summed E-state index contributed by atoms with van der Waals surface area (Å²) in [6.45, 7) is 1.58. The van der Waals surface area contributed by atoms with Crippen molar-refractivity contribution >= 4 is 28.5 Å². The summed E-state index contributed by atoms with van der Waals surface area (Å²) < 4.78 is 22.6. The molecule has 9 nitrogen and oxygen atoms in total. The van der Waals surface area contributed by atoms with Gasteiger partial charge in [0.1, 0.15) is 18.7 Å². The van der Waals surface area contributed by atoms with Crippen LogP contribution < -0.4 is 10.5 Å². The van der Waals surface area contributed by atoms with Crippen molar-refractivity contribution in [1.29, 1.82) is 0 Å². The summed E-state index contributed by atoms with van der Waals surface area (Å²) in [5.74, 6) is 1.60. The highest BCUT2D eigenvalue weighted by Gasteiger charge is 2.58. The summed E-state index contributed by atoms with van der Waals surface area (Å²) in [7, 11) is 1.75. The Labute approximate surface area is 180 Å². The molecule has 11 heteroatoms. The van der Waals surface area contributed by atoms with Crippen LogP contribution in [-0.4, -0.2) is 42.3 Å². The van der Waals surface area contributed by atoms with E-state index in [4.69, 9.17) is 16.1 Å². The topological polar surface area (TPSA) is 94.9 Å². The maximum Gasteiger partial charge on any atom is 0.280 e. The second-order valence-electron chi connectivity index (χ2n) is 8.11. The number of hydrogen-bond donors (Lipinski definition) is 0. The number of halogens is 2. The van der Waals surface area contributed by atoms with Crippen molar-refractivity contribution in [2.75, 3.05) is 18.0 Å². The molecule has 31 heavy (non-hydrogen) atoms. The van der Waals surface area contributed by atoms with E-state index in [0.717, 1.165) is 13.1 Å². The molecule has 0 bridgehead atoms. The number of fused-ring (bicyclic) bond motifs is 2. The Bertz CT molecular complexity index is 1370. The lowest BCUT2D eigenvalue weighted by Crippen LogP contribution is -2.24. The number of piperidine rings is 1. The van der Waals surface area contributed by atoms with Gasteiger partial charge in [-0.1, -0.05) is 16.8 Å². The molecule has 1 saturated carbocycles. The minimum absolute atomic E-state index is 0.141. The fraction of sp³-hybridized carbons (Fsp3) is 0.350. The fourth-order valence-corrected chi connectivity index (χ4v) is 4.80. The molecular weight excluding hydrogens is 425 g/mol. The Balaban J connectivity index is 1.17. The van der Waals surface area contributed by atoms with Crippen LogP contribution in [0.5, 0.6) is 0 Å². The van der Waals surface area contributed by atoms with Crippen LogP contribution in [-0.2, 0) is 13.6 Å². The highest BCUT2D eigenvalue weighted by atomic mass is 35.5. The number of imidazole rings is 1. The van der Waals surface area contributed by atoms with Crippen molar-refractivity contribution in [2.45, 2.75) is 12.5 Å². The van der Waals surface area contributed by atoms with Crippen molar-refractivity contribution in [1.82, 2.24) is 29.2 Å². The number of benzene rings is 1. The lowest BCUT2D eigenvalue weighted by Gasteiger charge is -2.22. The monoisotopic (exact) mass is 441 g/mol. The van der Waals surface area contributed by atoms with Crippen molar-refractivity contribution in [3.63, 3.8) is 0 Å². The van der Waals surface area contributed by atoms with Gasteiger partial charge < -0.3 is 14.0 Å². The first-order valence-electron chi connectivity index (χ1n) is 9.88. The van der Waals surface area contributed by atoms with Crippen LogP contribution in [0.1, 0.15) is 17.6 Å². The Kier molecular flexibility index (Phi) is 3.95. The molecular formula is C20H17ClFN7O2. The molecule has 6 rings (SSSR count). The molecule has 4 heterocycles. The van der Waals surface area contributed by atoms with Crippen LogP contribution in [0.2, 0.25) is 5.02 Å². The number of rotatable bonds is 4. The van der Waals surface area contributed by atoms with Gasteiger partial charge in [0, 0.05) is 31.1 Å². The Hall–Kier alpha value is -3.27. The minimum Gasteiger partial charge on any atom is -0.369 e. The minimum atomic E-state index is -0.270. The van der Waals surface area contributed by atoms with Gasteiger partial charge >= 0.3 is 0 Å². The summed E-state index contributed by atoms with van der Waals surface area (Å²) in [6, 6.07) is 4.60. The van der Waals surface area contributed by atoms with Gasteiger partial charge in [-0.25, -0.2) is 14.4 Å². The van der Waals surface area contributed by atoms with Gasteiger partial charge in [0.05, 0.1) is 12.0 Å². The zero-order chi connectivity index (χ0) is 21.3. The lowest BCUT2D eigenvalue weighted by molar-refractivity contribution is 0.363. The predicted molar refractivity (Wildman–Crippen MR) is 110 cm³/mol. The second-order valence-corrected chi connectivity index (χ2v) is 8.54. The maximum atomic E-state index is 14.1. The first-order chi connectivity index (χ1) is 15.0. The van der Waals surface area contributed by atoms with E-state index >= 15 is 0 Å². The van der Waals surface area contributed by atoms with Crippen LogP contribution in [0, 0.1) is 17.7 Å². The molecule has 0 unspecified atom stereocenters. The van der Waals surface area contributed by atoms with E-state index in [1.165, 1.54) is 17.0 Å². The van der Waals surface area contributed by atoms with E-state index in [1.807, 2.05) is 4.90 Å². The highest BCUT2D eigenvalue weighted by Crippen LogP contribution is 2.58. The van der Waals surface area contributed by atoms with Gasteiger partial charge in [-0.05, 0) is 30.0 Å². The van der Waals surface area contributed by atoms with Crippen LogP contribution in [0.3, 0.4) is 0 Å². The smallest absolute Gasteiger partial charge is 0.280 e. The SMILES string of the molecule is Cn1cnc2ncn(Cc3nc([C@H]4[C@@H]5CN(c6cc(Cl)ccc6F)C[C@@H]54)no3)c(=O)c21. The van der Waals surface area contributed by atoms with E-state index in [2.05, 4.69) is 20.1 Å². The quantitative estimate of drug-likeness (QED) is 0.479. The van der Waals surface area contributed by atoms with Crippen molar-refractivity contribution in [3.8, 4) is 0 Å². The van der Waals surface area contributed by atoms with Gasteiger partial charge in [-0.3, -0.25) is 9.36 Å².